The number of ether oxygens (including phenoxy) is 1. The van der Waals surface area contributed by atoms with Crippen LogP contribution in [-0.2, 0) is 10.9 Å². The van der Waals surface area contributed by atoms with Gasteiger partial charge in [0.1, 0.15) is 5.60 Å². The van der Waals surface area contributed by atoms with E-state index in [0.29, 0.717) is 10.9 Å². The molecule has 0 atom stereocenters. The van der Waals surface area contributed by atoms with Crippen LogP contribution in [0, 0.1) is 0 Å². The Hall–Kier alpha value is -1.93. The number of hydrogen-bond acceptors (Lipinski definition) is 4. The molecule has 1 rings (SSSR count). The maximum atomic E-state index is 12.5. The number of hydrogen-bond donors (Lipinski definition) is 1. The third-order valence-electron chi connectivity index (χ3n) is 2.02. The van der Waals surface area contributed by atoms with Crippen LogP contribution in [0.1, 0.15) is 26.5 Å². The molecule has 0 saturated carbocycles. The van der Waals surface area contributed by atoms with E-state index in [9.17, 15) is 18.0 Å². The number of aromatic nitrogens is 2. The molecule has 0 fully saturated rings. The van der Waals surface area contributed by atoms with Crippen molar-refractivity contribution in [3.05, 3.63) is 11.8 Å². The highest BCUT2D eigenvalue weighted by Gasteiger charge is 2.36. The minimum Gasteiger partial charge on any atom is -0.443 e. The lowest BCUT2D eigenvalue weighted by molar-refractivity contribution is -0.141. The molecular weight excluding hydrogens is 265 g/mol. The highest BCUT2D eigenvalue weighted by molar-refractivity contribution is 5.86. The van der Waals surface area contributed by atoms with Crippen molar-refractivity contribution >= 4 is 11.9 Å². The Morgan fingerprint density at radius 3 is 2.32 bits per heavy atom. The summed E-state index contributed by atoms with van der Waals surface area (Å²) < 4.78 is 42.4. The molecule has 0 spiro atoms. The number of alkyl halides is 3. The quantitative estimate of drug-likeness (QED) is 0.798. The fourth-order valence-corrected chi connectivity index (χ4v) is 1.20. The number of anilines is 1. The van der Waals surface area contributed by atoms with E-state index in [4.69, 9.17) is 10.6 Å². The average molecular weight is 280 g/mol. The predicted octanol–water partition coefficient (Wildman–Crippen LogP) is 1.99. The van der Waals surface area contributed by atoms with E-state index in [1.807, 2.05) is 0 Å². The summed E-state index contributed by atoms with van der Waals surface area (Å²) in [5.74, 6) is 5.08. The van der Waals surface area contributed by atoms with Crippen molar-refractivity contribution < 1.29 is 22.7 Å². The second kappa shape index (κ2) is 4.63. The van der Waals surface area contributed by atoms with E-state index < -0.39 is 23.6 Å². The first-order chi connectivity index (χ1) is 8.42. The maximum absolute atomic E-state index is 12.5. The molecule has 6 nitrogen and oxygen atoms in total. The van der Waals surface area contributed by atoms with Gasteiger partial charge in [0.2, 0.25) is 0 Å². The number of nitrogen functional groups attached to an aromatic ring is 1. The summed E-state index contributed by atoms with van der Waals surface area (Å²) in [5, 5.41) is 3.10. The van der Waals surface area contributed by atoms with E-state index in [-0.39, 0.29) is 5.82 Å². The van der Waals surface area contributed by atoms with E-state index >= 15 is 0 Å². The van der Waals surface area contributed by atoms with Crippen LogP contribution in [0.3, 0.4) is 0 Å². The van der Waals surface area contributed by atoms with Gasteiger partial charge in [-0.2, -0.15) is 18.0 Å². The van der Waals surface area contributed by atoms with Gasteiger partial charge in [-0.3, -0.25) is 4.90 Å². The minimum atomic E-state index is -4.63. The Kier molecular flexibility index (Phi) is 3.69. The first-order valence-electron chi connectivity index (χ1n) is 5.31. The van der Waals surface area contributed by atoms with Crippen LogP contribution in [0.25, 0.3) is 0 Å². The van der Waals surface area contributed by atoms with E-state index in [0.717, 1.165) is 4.90 Å². The van der Waals surface area contributed by atoms with Crippen LogP contribution in [-0.4, -0.2) is 28.6 Å². The number of carbonyl (C=O) groups excluding carboxylic acids is 1. The fraction of sp³-hybridized carbons (Fsp3) is 0.600. The summed E-state index contributed by atoms with van der Waals surface area (Å²) >= 11 is 0. The van der Waals surface area contributed by atoms with Gasteiger partial charge in [0.25, 0.3) is 0 Å². The van der Waals surface area contributed by atoms with Crippen molar-refractivity contribution in [3.63, 3.8) is 0 Å². The molecule has 19 heavy (non-hydrogen) atoms. The lowest BCUT2D eigenvalue weighted by atomic mass is 10.2. The lowest BCUT2D eigenvalue weighted by Crippen LogP contribution is -2.36. The van der Waals surface area contributed by atoms with Crippen LogP contribution in [0.4, 0.5) is 23.8 Å². The Labute approximate surface area is 107 Å². The second-order valence-electron chi connectivity index (χ2n) is 4.87. The average Bonchev–Trinajstić information content (AvgIpc) is 2.56. The normalized spacial score (nSPS) is 12.4. The third kappa shape index (κ3) is 3.76. The van der Waals surface area contributed by atoms with Crippen molar-refractivity contribution in [3.8, 4) is 0 Å². The topological polar surface area (TPSA) is 73.4 Å². The van der Waals surface area contributed by atoms with E-state index in [1.54, 1.807) is 20.8 Å². The summed E-state index contributed by atoms with van der Waals surface area (Å²) in [5.41, 5.74) is -1.95. The SMILES string of the molecule is CN(C(=O)OC(C)(C)C)c1cc(C(F)(F)F)nn1N. The van der Waals surface area contributed by atoms with Gasteiger partial charge in [-0.25, -0.2) is 4.79 Å². The second-order valence-corrected chi connectivity index (χ2v) is 4.87. The van der Waals surface area contributed by atoms with Crippen LogP contribution >= 0.6 is 0 Å². The smallest absolute Gasteiger partial charge is 0.435 e. The third-order valence-corrected chi connectivity index (χ3v) is 2.02. The highest BCUT2D eigenvalue weighted by Crippen LogP contribution is 2.30. The Morgan fingerprint density at radius 1 is 1.42 bits per heavy atom. The van der Waals surface area contributed by atoms with Crippen LogP contribution < -0.4 is 10.7 Å². The Bertz CT molecular complexity index is 476. The molecule has 0 aliphatic carbocycles. The predicted molar refractivity (Wildman–Crippen MR) is 62.0 cm³/mol. The molecule has 0 radical (unpaired) electrons. The minimum absolute atomic E-state index is 0.221. The standard InChI is InChI=1S/C10H15F3N4O2/c1-9(2,3)19-8(18)16(4)7-5-6(10(11,12)13)15-17(7)14/h5H,14H2,1-4H3. The fourth-order valence-electron chi connectivity index (χ4n) is 1.20. The lowest BCUT2D eigenvalue weighted by Gasteiger charge is -2.24. The summed E-state index contributed by atoms with van der Waals surface area (Å²) in [6.07, 6.45) is -5.46. The van der Waals surface area contributed by atoms with Gasteiger partial charge in [0.05, 0.1) is 0 Å². The number of nitrogens with two attached hydrogens (primary N) is 1. The van der Waals surface area contributed by atoms with Crippen molar-refractivity contribution in [1.29, 1.82) is 0 Å². The molecular formula is C10H15F3N4O2. The first kappa shape index (κ1) is 15.1. The molecule has 1 aromatic heterocycles. The zero-order valence-electron chi connectivity index (χ0n) is 10.9. The van der Waals surface area contributed by atoms with Gasteiger partial charge in [0.15, 0.2) is 11.5 Å². The molecule has 0 saturated heterocycles. The molecule has 9 heteroatoms. The number of halogens is 3. The van der Waals surface area contributed by atoms with Crippen LogP contribution in [0.2, 0.25) is 0 Å². The van der Waals surface area contributed by atoms with Crippen molar-refractivity contribution in [2.75, 3.05) is 17.8 Å². The number of rotatable bonds is 1. The largest absolute Gasteiger partial charge is 0.443 e. The van der Waals surface area contributed by atoms with Gasteiger partial charge < -0.3 is 10.6 Å². The highest BCUT2D eigenvalue weighted by atomic mass is 19.4. The van der Waals surface area contributed by atoms with E-state index in [2.05, 4.69) is 5.10 Å². The summed E-state index contributed by atoms with van der Waals surface area (Å²) in [4.78, 5) is 13.0. The molecule has 108 valence electrons. The monoisotopic (exact) mass is 280 g/mol. The Morgan fingerprint density at radius 2 is 1.95 bits per heavy atom. The molecule has 1 aromatic rings. The van der Waals surface area contributed by atoms with Crippen LogP contribution in [0.15, 0.2) is 6.07 Å². The number of carbonyl (C=O) groups is 1. The number of amides is 1. The van der Waals surface area contributed by atoms with E-state index in [1.165, 1.54) is 7.05 Å². The molecule has 1 heterocycles. The van der Waals surface area contributed by atoms with Gasteiger partial charge in [-0.05, 0) is 20.8 Å². The zero-order chi connectivity index (χ0) is 15.0. The van der Waals surface area contributed by atoms with Crippen LogP contribution in [0.5, 0.6) is 0 Å². The van der Waals surface area contributed by atoms with Gasteiger partial charge in [-0.15, -0.1) is 5.10 Å². The van der Waals surface area contributed by atoms with Gasteiger partial charge >= 0.3 is 12.3 Å². The van der Waals surface area contributed by atoms with Gasteiger partial charge in [-0.1, -0.05) is 0 Å². The molecule has 1 amide bonds. The number of nitrogens with zero attached hydrogens (tertiary/aromatic N) is 3. The molecule has 0 aliphatic heterocycles. The zero-order valence-corrected chi connectivity index (χ0v) is 10.9. The molecule has 2 N–H and O–H groups in total. The summed E-state index contributed by atoms with van der Waals surface area (Å²) in [7, 11) is 1.24. The summed E-state index contributed by atoms with van der Waals surface area (Å²) in [6.45, 7) is 4.92. The van der Waals surface area contributed by atoms with Crippen molar-refractivity contribution in [1.82, 2.24) is 9.89 Å². The van der Waals surface area contributed by atoms with Crippen molar-refractivity contribution in [2.24, 2.45) is 0 Å². The Balaban J connectivity index is 2.98. The molecule has 0 aliphatic rings. The summed E-state index contributed by atoms with van der Waals surface area (Å²) in [6, 6.07) is 0.671. The van der Waals surface area contributed by atoms with Gasteiger partial charge in [0, 0.05) is 13.1 Å². The maximum Gasteiger partial charge on any atom is 0.435 e. The molecule has 0 unspecified atom stereocenters. The molecule has 0 bridgehead atoms. The molecule has 0 aromatic carbocycles. The van der Waals surface area contributed by atoms with Crippen molar-refractivity contribution in [2.45, 2.75) is 32.5 Å². The first-order valence-corrected chi connectivity index (χ1v) is 5.31.